The highest BCUT2D eigenvalue weighted by atomic mass is 16.4. The molecule has 1 heterocycles. The van der Waals surface area contributed by atoms with E-state index in [4.69, 9.17) is 22.3 Å². The van der Waals surface area contributed by atoms with Gasteiger partial charge in [-0.3, -0.25) is 28.8 Å². The fourth-order valence-corrected chi connectivity index (χ4v) is 2.87. The van der Waals surface area contributed by atoms with Crippen molar-refractivity contribution in [3.8, 4) is 0 Å². The summed E-state index contributed by atoms with van der Waals surface area (Å²) in [5.41, 5.74) is 16.1. The Balaban J connectivity index is 3.06. The number of aromatic amines is 1. The van der Waals surface area contributed by atoms with Crippen molar-refractivity contribution in [2.45, 2.75) is 56.3 Å². The topological polar surface area (TPSA) is 303 Å². The molecule has 0 aliphatic carbocycles. The summed E-state index contributed by atoms with van der Waals surface area (Å²) in [7, 11) is 0. The molecule has 17 nitrogen and oxygen atoms in total. The van der Waals surface area contributed by atoms with E-state index in [0.29, 0.717) is 5.69 Å². The maximum atomic E-state index is 12.9. The number of nitrogens with zero attached hydrogens (tertiary/aromatic N) is 1. The van der Waals surface area contributed by atoms with Gasteiger partial charge in [-0.1, -0.05) is 0 Å². The highest BCUT2D eigenvalue weighted by molar-refractivity contribution is 5.96. The van der Waals surface area contributed by atoms with E-state index in [1.165, 1.54) is 12.5 Å². The molecule has 36 heavy (non-hydrogen) atoms. The summed E-state index contributed by atoms with van der Waals surface area (Å²) in [6.07, 6.45) is 0.289. The van der Waals surface area contributed by atoms with Gasteiger partial charge in [0.15, 0.2) is 0 Å². The molecule has 0 saturated heterocycles. The van der Waals surface area contributed by atoms with Crippen molar-refractivity contribution in [3.63, 3.8) is 0 Å². The van der Waals surface area contributed by atoms with Crippen molar-refractivity contribution in [1.29, 1.82) is 0 Å². The van der Waals surface area contributed by atoms with Crippen LogP contribution in [0.3, 0.4) is 0 Å². The third-order valence-corrected chi connectivity index (χ3v) is 4.68. The minimum absolute atomic E-state index is 0.226. The van der Waals surface area contributed by atoms with Gasteiger partial charge in [0.1, 0.15) is 18.1 Å². The number of aliphatic carboxylic acids is 2. The van der Waals surface area contributed by atoms with Gasteiger partial charge in [-0.25, -0.2) is 9.78 Å². The van der Waals surface area contributed by atoms with Crippen LogP contribution in [-0.2, 0) is 40.0 Å². The second kappa shape index (κ2) is 14.0. The minimum atomic E-state index is -1.69. The van der Waals surface area contributed by atoms with E-state index in [9.17, 15) is 38.7 Å². The molecule has 4 atom stereocenters. The van der Waals surface area contributed by atoms with Crippen molar-refractivity contribution in [3.05, 3.63) is 18.2 Å². The van der Waals surface area contributed by atoms with Crippen LogP contribution in [0.1, 0.15) is 31.4 Å². The van der Waals surface area contributed by atoms with Crippen molar-refractivity contribution in [1.82, 2.24) is 25.9 Å². The Morgan fingerprint density at radius 1 is 0.861 bits per heavy atom. The SMILES string of the molecule is NC(=O)CC(NC(=O)C(Cc1cnc[nH]1)NC(=O)C(CC(N)=O)NC(=O)C(N)CCC(=O)O)C(=O)O. The standard InChI is InChI=1S/C19H28N8O9/c20-9(1-2-15(30)31)16(32)25-11(4-13(21)28)18(34)26-10(3-8-6-23-7-24-8)17(33)27-12(19(35)36)5-14(22)29/h6-7,9-12H,1-5,20H2,(H2,21,28)(H2,22,29)(H,23,24)(H,25,32)(H,26,34)(H,27,33)(H,30,31)(H,35,36). The molecule has 0 aliphatic heterocycles. The number of carboxylic acids is 2. The summed E-state index contributed by atoms with van der Waals surface area (Å²) in [5, 5.41) is 24.5. The maximum absolute atomic E-state index is 12.9. The van der Waals surface area contributed by atoms with Gasteiger partial charge in [0.25, 0.3) is 0 Å². The Labute approximate surface area is 203 Å². The number of H-pyrrole nitrogens is 1. The molecule has 1 rings (SSSR count). The van der Waals surface area contributed by atoms with Crippen LogP contribution in [-0.4, -0.2) is 85.8 Å². The van der Waals surface area contributed by atoms with Crippen molar-refractivity contribution in [2.75, 3.05) is 0 Å². The zero-order valence-electron chi connectivity index (χ0n) is 18.9. The Hall–Kier alpha value is -4.54. The smallest absolute Gasteiger partial charge is 0.326 e. The summed E-state index contributed by atoms with van der Waals surface area (Å²) < 4.78 is 0. The van der Waals surface area contributed by atoms with Crippen LogP contribution in [0.5, 0.6) is 0 Å². The Kier molecular flexibility index (Phi) is 11.5. The maximum Gasteiger partial charge on any atom is 0.326 e. The molecular weight excluding hydrogens is 484 g/mol. The molecule has 4 unspecified atom stereocenters. The number of hydrogen-bond acceptors (Lipinski definition) is 9. The van der Waals surface area contributed by atoms with Gasteiger partial charge in [-0.05, 0) is 6.42 Å². The number of primary amides is 2. The van der Waals surface area contributed by atoms with Crippen LogP contribution >= 0.6 is 0 Å². The van der Waals surface area contributed by atoms with E-state index in [2.05, 4.69) is 25.9 Å². The molecule has 0 saturated carbocycles. The second-order valence-corrected chi connectivity index (χ2v) is 7.68. The molecule has 198 valence electrons. The van der Waals surface area contributed by atoms with Crippen LogP contribution in [0.15, 0.2) is 12.5 Å². The number of hydrogen-bond donors (Lipinski definition) is 9. The number of nitrogens with one attached hydrogen (secondary N) is 4. The quantitative estimate of drug-likeness (QED) is 0.101. The van der Waals surface area contributed by atoms with Crippen molar-refractivity contribution >= 4 is 41.5 Å². The van der Waals surface area contributed by atoms with Gasteiger partial charge < -0.3 is 48.3 Å². The lowest BCUT2D eigenvalue weighted by Crippen LogP contribution is -2.58. The molecule has 0 radical (unpaired) electrons. The lowest BCUT2D eigenvalue weighted by Gasteiger charge is -2.24. The zero-order chi connectivity index (χ0) is 27.4. The summed E-state index contributed by atoms with van der Waals surface area (Å²) in [6.45, 7) is 0. The highest BCUT2D eigenvalue weighted by Crippen LogP contribution is 2.04. The minimum Gasteiger partial charge on any atom is -0.481 e. The predicted octanol–water partition coefficient (Wildman–Crippen LogP) is -4.57. The summed E-state index contributed by atoms with van der Waals surface area (Å²) in [6, 6.07) is -6.06. The largest absolute Gasteiger partial charge is 0.481 e. The van der Waals surface area contributed by atoms with Gasteiger partial charge in [0.05, 0.1) is 25.2 Å². The van der Waals surface area contributed by atoms with E-state index >= 15 is 0 Å². The monoisotopic (exact) mass is 512 g/mol. The molecule has 0 bridgehead atoms. The number of aromatic nitrogens is 2. The molecule has 1 aromatic heterocycles. The summed E-state index contributed by atoms with van der Waals surface area (Å²) in [5.74, 6) is -7.75. The van der Waals surface area contributed by atoms with Gasteiger partial charge >= 0.3 is 11.9 Å². The van der Waals surface area contributed by atoms with Gasteiger partial charge in [-0.15, -0.1) is 0 Å². The van der Waals surface area contributed by atoms with Crippen LogP contribution < -0.4 is 33.2 Å². The van der Waals surface area contributed by atoms with Crippen LogP contribution in [0, 0.1) is 0 Å². The molecular formula is C19H28N8O9. The fourth-order valence-electron chi connectivity index (χ4n) is 2.87. The van der Waals surface area contributed by atoms with E-state index < -0.39 is 84.9 Å². The lowest BCUT2D eigenvalue weighted by molar-refractivity contribution is -0.144. The van der Waals surface area contributed by atoms with E-state index in [-0.39, 0.29) is 12.8 Å². The third kappa shape index (κ3) is 10.6. The van der Waals surface area contributed by atoms with Crippen LogP contribution in [0.4, 0.5) is 0 Å². The Morgan fingerprint density at radius 2 is 1.39 bits per heavy atom. The molecule has 1 aromatic rings. The fraction of sp³-hybridized carbons (Fsp3) is 0.474. The van der Waals surface area contributed by atoms with E-state index in [1.54, 1.807) is 0 Å². The third-order valence-electron chi connectivity index (χ3n) is 4.68. The molecule has 12 N–H and O–H groups in total. The highest BCUT2D eigenvalue weighted by Gasteiger charge is 2.32. The first-order chi connectivity index (χ1) is 16.8. The molecule has 0 aliphatic rings. The van der Waals surface area contributed by atoms with Crippen molar-refractivity contribution in [2.24, 2.45) is 17.2 Å². The molecule has 0 aromatic carbocycles. The summed E-state index contributed by atoms with van der Waals surface area (Å²) >= 11 is 0. The average molecular weight is 512 g/mol. The van der Waals surface area contributed by atoms with Crippen LogP contribution in [0.2, 0.25) is 0 Å². The molecule has 5 amide bonds. The Morgan fingerprint density at radius 3 is 1.89 bits per heavy atom. The lowest BCUT2D eigenvalue weighted by atomic mass is 10.1. The number of imidazole rings is 1. The van der Waals surface area contributed by atoms with E-state index in [0.717, 1.165) is 0 Å². The van der Waals surface area contributed by atoms with Crippen molar-refractivity contribution < 1.29 is 43.8 Å². The number of amides is 5. The van der Waals surface area contributed by atoms with Crippen LogP contribution in [0.25, 0.3) is 0 Å². The number of carbonyl (C=O) groups excluding carboxylic acids is 5. The first kappa shape index (κ1) is 29.5. The summed E-state index contributed by atoms with van der Waals surface area (Å²) in [4.78, 5) is 89.1. The first-order valence-corrected chi connectivity index (χ1v) is 10.4. The van der Waals surface area contributed by atoms with Gasteiger partial charge in [0.2, 0.25) is 29.5 Å². The normalized spacial score (nSPS) is 13.9. The number of rotatable bonds is 16. The number of carbonyl (C=O) groups is 7. The second-order valence-electron chi connectivity index (χ2n) is 7.68. The molecule has 0 spiro atoms. The zero-order valence-corrected chi connectivity index (χ0v) is 18.9. The molecule has 17 heteroatoms. The predicted molar refractivity (Wildman–Crippen MR) is 118 cm³/mol. The Bertz CT molecular complexity index is 982. The van der Waals surface area contributed by atoms with E-state index in [1.807, 2.05) is 0 Å². The van der Waals surface area contributed by atoms with Gasteiger partial charge in [-0.2, -0.15) is 0 Å². The number of nitrogens with two attached hydrogens (primary N) is 3. The average Bonchev–Trinajstić information content (AvgIpc) is 3.28. The first-order valence-electron chi connectivity index (χ1n) is 10.4. The van der Waals surface area contributed by atoms with Gasteiger partial charge in [0, 0.05) is 24.7 Å². The number of carboxylic acid groups (broad SMARTS) is 2. The molecule has 0 fully saturated rings.